The molecule has 116 valence electrons. The van der Waals surface area contributed by atoms with Gasteiger partial charge in [-0.3, -0.25) is 14.9 Å². The molecule has 0 unspecified atom stereocenters. The molecule has 1 aromatic carbocycles. The Morgan fingerprint density at radius 2 is 1.96 bits per heavy atom. The minimum atomic E-state index is -0.0249. The van der Waals surface area contributed by atoms with Crippen LogP contribution < -0.4 is 0 Å². The van der Waals surface area contributed by atoms with Crippen molar-refractivity contribution in [2.75, 3.05) is 7.05 Å². The van der Waals surface area contributed by atoms with Crippen molar-refractivity contribution in [1.82, 2.24) is 20.1 Å². The third kappa shape index (κ3) is 3.13. The van der Waals surface area contributed by atoms with Gasteiger partial charge in [0, 0.05) is 36.8 Å². The maximum absolute atomic E-state index is 12.8. The molecule has 5 nitrogen and oxygen atoms in total. The van der Waals surface area contributed by atoms with Gasteiger partial charge in [-0.2, -0.15) is 5.10 Å². The van der Waals surface area contributed by atoms with Gasteiger partial charge in [0.05, 0.1) is 12.2 Å². The Morgan fingerprint density at radius 1 is 1.17 bits per heavy atom. The number of H-pyrrole nitrogens is 1. The van der Waals surface area contributed by atoms with Crippen molar-refractivity contribution in [3.8, 4) is 11.1 Å². The number of rotatable bonds is 4. The Hall–Kier alpha value is -2.95. The van der Waals surface area contributed by atoms with Gasteiger partial charge in [0.2, 0.25) is 0 Å². The van der Waals surface area contributed by atoms with Crippen molar-refractivity contribution in [3.63, 3.8) is 0 Å². The van der Waals surface area contributed by atoms with E-state index in [1.807, 2.05) is 56.6 Å². The zero-order chi connectivity index (χ0) is 16.2. The van der Waals surface area contributed by atoms with Crippen LogP contribution in [-0.2, 0) is 0 Å². The van der Waals surface area contributed by atoms with Crippen LogP contribution in [0.5, 0.6) is 0 Å². The molecule has 2 aromatic heterocycles. The summed E-state index contributed by atoms with van der Waals surface area (Å²) in [6.07, 6.45) is 7.03. The van der Waals surface area contributed by atoms with Crippen molar-refractivity contribution in [2.24, 2.45) is 0 Å². The fourth-order valence-electron chi connectivity index (χ4n) is 2.49. The first kappa shape index (κ1) is 15.0. The molecule has 0 aliphatic carbocycles. The highest BCUT2D eigenvalue weighted by Crippen LogP contribution is 2.23. The normalized spacial score (nSPS) is 11.9. The number of amides is 1. The van der Waals surface area contributed by atoms with E-state index in [0.29, 0.717) is 5.56 Å². The number of benzene rings is 1. The van der Waals surface area contributed by atoms with E-state index < -0.39 is 0 Å². The predicted molar refractivity (Wildman–Crippen MR) is 88.8 cm³/mol. The van der Waals surface area contributed by atoms with Crippen LogP contribution >= 0.6 is 0 Å². The van der Waals surface area contributed by atoms with Gasteiger partial charge < -0.3 is 4.90 Å². The number of hydrogen-bond donors (Lipinski definition) is 1. The average molecular weight is 306 g/mol. The van der Waals surface area contributed by atoms with E-state index in [1.54, 1.807) is 23.5 Å². The number of nitrogens with one attached hydrogen (secondary N) is 1. The molecule has 0 spiro atoms. The molecule has 0 saturated carbocycles. The monoisotopic (exact) mass is 306 g/mol. The SMILES string of the molecule is C[C@@H](c1ccncc1)N(C)C(=O)c1cccc(-c2cn[nH]c2)c1. The Morgan fingerprint density at radius 3 is 2.65 bits per heavy atom. The number of nitrogens with zero attached hydrogens (tertiary/aromatic N) is 3. The van der Waals surface area contributed by atoms with Gasteiger partial charge in [-0.05, 0) is 42.3 Å². The van der Waals surface area contributed by atoms with Gasteiger partial charge >= 0.3 is 0 Å². The predicted octanol–water partition coefficient (Wildman–Crippen LogP) is 3.30. The molecule has 0 radical (unpaired) electrons. The van der Waals surface area contributed by atoms with Crippen LogP contribution in [0, 0.1) is 0 Å². The van der Waals surface area contributed by atoms with Crippen LogP contribution in [0.4, 0.5) is 0 Å². The number of hydrogen-bond acceptors (Lipinski definition) is 3. The second-order valence-corrected chi connectivity index (χ2v) is 5.44. The van der Waals surface area contributed by atoms with Crippen LogP contribution in [0.3, 0.4) is 0 Å². The highest BCUT2D eigenvalue weighted by molar-refractivity contribution is 5.95. The second-order valence-electron chi connectivity index (χ2n) is 5.44. The Labute approximate surface area is 135 Å². The Bertz CT molecular complexity index is 784. The summed E-state index contributed by atoms with van der Waals surface area (Å²) in [7, 11) is 1.82. The topological polar surface area (TPSA) is 61.9 Å². The van der Waals surface area contributed by atoms with Crippen molar-refractivity contribution in [2.45, 2.75) is 13.0 Å². The van der Waals surface area contributed by atoms with Crippen molar-refractivity contribution in [1.29, 1.82) is 0 Å². The summed E-state index contributed by atoms with van der Waals surface area (Å²) in [5, 5.41) is 6.74. The highest BCUT2D eigenvalue weighted by atomic mass is 16.2. The summed E-state index contributed by atoms with van der Waals surface area (Å²) in [5.74, 6) is -0.0142. The molecule has 0 saturated heterocycles. The van der Waals surface area contributed by atoms with Gasteiger partial charge in [-0.25, -0.2) is 0 Å². The molecule has 0 bridgehead atoms. The maximum atomic E-state index is 12.8. The first-order chi connectivity index (χ1) is 11.2. The molecular formula is C18H18N4O. The summed E-state index contributed by atoms with van der Waals surface area (Å²) in [6, 6.07) is 11.4. The second kappa shape index (κ2) is 6.44. The molecule has 0 aliphatic heterocycles. The summed E-state index contributed by atoms with van der Waals surface area (Å²) in [5.41, 5.74) is 3.65. The zero-order valence-corrected chi connectivity index (χ0v) is 13.1. The van der Waals surface area contributed by atoms with E-state index in [-0.39, 0.29) is 11.9 Å². The lowest BCUT2D eigenvalue weighted by Gasteiger charge is -2.25. The van der Waals surface area contributed by atoms with Crippen molar-refractivity contribution in [3.05, 3.63) is 72.3 Å². The molecule has 1 N–H and O–H groups in total. The molecule has 5 heteroatoms. The third-order valence-electron chi connectivity index (χ3n) is 4.03. The van der Waals surface area contributed by atoms with Crippen LogP contribution in [0.2, 0.25) is 0 Å². The van der Waals surface area contributed by atoms with Crippen molar-refractivity contribution >= 4 is 5.91 Å². The fraction of sp³-hybridized carbons (Fsp3) is 0.167. The van der Waals surface area contributed by atoms with Gasteiger partial charge in [-0.15, -0.1) is 0 Å². The fourth-order valence-corrected chi connectivity index (χ4v) is 2.49. The quantitative estimate of drug-likeness (QED) is 0.804. The molecule has 1 amide bonds. The first-order valence-electron chi connectivity index (χ1n) is 7.43. The van der Waals surface area contributed by atoms with E-state index in [1.165, 1.54) is 0 Å². The summed E-state index contributed by atoms with van der Waals surface area (Å²) in [6.45, 7) is 2.01. The van der Waals surface area contributed by atoms with Gasteiger partial charge in [-0.1, -0.05) is 12.1 Å². The molecule has 0 fully saturated rings. The van der Waals surface area contributed by atoms with E-state index >= 15 is 0 Å². The highest BCUT2D eigenvalue weighted by Gasteiger charge is 2.19. The van der Waals surface area contributed by atoms with Crippen LogP contribution in [0.15, 0.2) is 61.2 Å². The Kier molecular flexibility index (Phi) is 4.19. The van der Waals surface area contributed by atoms with Crippen molar-refractivity contribution < 1.29 is 4.79 Å². The lowest BCUT2D eigenvalue weighted by atomic mass is 10.0. The Balaban J connectivity index is 1.84. The smallest absolute Gasteiger partial charge is 0.254 e. The van der Waals surface area contributed by atoms with E-state index in [4.69, 9.17) is 0 Å². The summed E-state index contributed by atoms with van der Waals surface area (Å²) < 4.78 is 0. The van der Waals surface area contributed by atoms with E-state index in [2.05, 4.69) is 15.2 Å². The number of carbonyl (C=O) groups excluding carboxylic acids is 1. The third-order valence-corrected chi connectivity index (χ3v) is 4.03. The zero-order valence-electron chi connectivity index (χ0n) is 13.1. The molecule has 3 rings (SSSR count). The molecule has 0 aliphatic rings. The lowest BCUT2D eigenvalue weighted by Crippen LogP contribution is -2.29. The molecule has 23 heavy (non-hydrogen) atoms. The average Bonchev–Trinajstić information content (AvgIpc) is 3.15. The van der Waals surface area contributed by atoms with E-state index in [9.17, 15) is 4.79 Å². The number of aromatic nitrogens is 3. The van der Waals surface area contributed by atoms with Crippen LogP contribution in [-0.4, -0.2) is 33.0 Å². The van der Waals surface area contributed by atoms with Gasteiger partial charge in [0.15, 0.2) is 0 Å². The van der Waals surface area contributed by atoms with Gasteiger partial charge in [0.1, 0.15) is 0 Å². The number of aromatic amines is 1. The number of carbonyl (C=O) groups is 1. The number of pyridine rings is 1. The minimum absolute atomic E-state index is 0.0142. The summed E-state index contributed by atoms with van der Waals surface area (Å²) in [4.78, 5) is 18.5. The first-order valence-corrected chi connectivity index (χ1v) is 7.43. The molecule has 2 heterocycles. The largest absolute Gasteiger partial charge is 0.335 e. The molecular weight excluding hydrogens is 288 g/mol. The standard InChI is InChI=1S/C18H18N4O/c1-13(14-6-8-19-9-7-14)22(2)18(23)16-5-3-4-15(10-16)17-11-20-21-12-17/h3-13H,1-2H3,(H,20,21)/t13-/m0/s1. The molecule has 3 aromatic rings. The van der Waals surface area contributed by atoms with Crippen LogP contribution in [0.1, 0.15) is 28.9 Å². The van der Waals surface area contributed by atoms with E-state index in [0.717, 1.165) is 16.7 Å². The maximum Gasteiger partial charge on any atom is 0.254 e. The minimum Gasteiger partial charge on any atom is -0.335 e. The van der Waals surface area contributed by atoms with Crippen LogP contribution in [0.25, 0.3) is 11.1 Å². The lowest BCUT2D eigenvalue weighted by molar-refractivity contribution is 0.0742. The summed E-state index contributed by atoms with van der Waals surface area (Å²) >= 11 is 0. The molecule has 1 atom stereocenters. The van der Waals surface area contributed by atoms with Gasteiger partial charge in [0.25, 0.3) is 5.91 Å².